The third kappa shape index (κ3) is 64.6. The van der Waals surface area contributed by atoms with E-state index in [9.17, 15) is 14.4 Å². The van der Waals surface area contributed by atoms with Gasteiger partial charge in [-0.1, -0.05) is 277 Å². The molecule has 0 bridgehead atoms. The van der Waals surface area contributed by atoms with E-state index in [0.29, 0.717) is 19.3 Å². The molecular weight excluding hydrogens is 985 g/mol. The second-order valence-corrected chi connectivity index (χ2v) is 22.0. The smallest absolute Gasteiger partial charge is 0.306 e. The highest BCUT2D eigenvalue weighted by atomic mass is 16.6. The average Bonchev–Trinajstić information content (AvgIpc) is 3.46. The molecule has 0 rings (SSSR count). The summed E-state index contributed by atoms with van der Waals surface area (Å²) in [7, 11) is 0. The molecule has 6 nitrogen and oxygen atoms in total. The Bertz CT molecular complexity index is 1650. The molecule has 6 heteroatoms. The summed E-state index contributed by atoms with van der Waals surface area (Å²) in [6.45, 7) is 6.48. The Morgan fingerprint density at radius 3 is 0.800 bits per heavy atom. The van der Waals surface area contributed by atoms with Gasteiger partial charge in [0.2, 0.25) is 0 Å². The van der Waals surface area contributed by atoms with Crippen LogP contribution < -0.4 is 0 Å². The number of hydrogen-bond donors (Lipinski definition) is 0. The molecule has 0 aliphatic heterocycles. The largest absolute Gasteiger partial charge is 0.462 e. The molecule has 1 atom stereocenters. The number of rotatable bonds is 60. The maximum absolute atomic E-state index is 12.9. The Morgan fingerprint density at radius 1 is 0.263 bits per heavy atom. The normalized spacial score (nSPS) is 12.9. The van der Waals surface area contributed by atoms with E-state index in [1.165, 1.54) is 154 Å². The van der Waals surface area contributed by atoms with Crippen molar-refractivity contribution in [2.75, 3.05) is 13.2 Å². The molecule has 0 aliphatic carbocycles. The first-order chi connectivity index (χ1) is 39.5. The van der Waals surface area contributed by atoms with Gasteiger partial charge in [0.15, 0.2) is 6.10 Å². The zero-order chi connectivity index (χ0) is 57.8. The minimum Gasteiger partial charge on any atom is -0.462 e. The van der Waals surface area contributed by atoms with Gasteiger partial charge in [0.25, 0.3) is 0 Å². The molecule has 0 aliphatic rings. The van der Waals surface area contributed by atoms with Crippen LogP contribution in [0.2, 0.25) is 0 Å². The molecule has 0 radical (unpaired) electrons. The predicted octanol–water partition coefficient (Wildman–Crippen LogP) is 23.2. The van der Waals surface area contributed by atoms with Crippen molar-refractivity contribution in [2.45, 2.75) is 316 Å². The van der Waals surface area contributed by atoms with Gasteiger partial charge in [-0.3, -0.25) is 14.4 Å². The maximum atomic E-state index is 12.9. The highest BCUT2D eigenvalue weighted by Crippen LogP contribution is 2.15. The van der Waals surface area contributed by atoms with Gasteiger partial charge in [-0.05, 0) is 135 Å². The van der Waals surface area contributed by atoms with E-state index in [2.05, 4.69) is 142 Å². The van der Waals surface area contributed by atoms with Crippen LogP contribution in [0.25, 0.3) is 0 Å². The zero-order valence-electron chi connectivity index (χ0n) is 52.3. The molecule has 0 spiro atoms. The summed E-state index contributed by atoms with van der Waals surface area (Å²) < 4.78 is 16.9. The van der Waals surface area contributed by atoms with Crippen molar-refractivity contribution in [1.82, 2.24) is 0 Å². The summed E-state index contributed by atoms with van der Waals surface area (Å²) >= 11 is 0. The van der Waals surface area contributed by atoms with Crippen molar-refractivity contribution in [1.29, 1.82) is 0 Å². The fraction of sp³-hybridized carbons (Fsp3) is 0.689. The van der Waals surface area contributed by atoms with Crippen LogP contribution in [0.3, 0.4) is 0 Å². The van der Waals surface area contributed by atoms with Crippen LogP contribution in [0.1, 0.15) is 310 Å². The van der Waals surface area contributed by atoms with Gasteiger partial charge in [-0.15, -0.1) is 0 Å². The monoisotopic (exact) mass is 1110 g/mol. The van der Waals surface area contributed by atoms with E-state index in [1.807, 2.05) is 0 Å². The minimum absolute atomic E-state index is 0.101. The lowest BCUT2D eigenvalue weighted by Crippen LogP contribution is -2.30. The molecule has 0 fully saturated rings. The van der Waals surface area contributed by atoms with Gasteiger partial charge in [0.05, 0.1) is 0 Å². The van der Waals surface area contributed by atoms with E-state index in [1.54, 1.807) is 0 Å². The molecule has 0 aromatic heterocycles. The fourth-order valence-corrected chi connectivity index (χ4v) is 9.15. The SMILES string of the molecule is CC/C=C\C/C=C\C/C=C\C/C=C\C/C=C\C/C=C\CCCCC(=O)OC(COC(=O)CCCCCCCCC/C=C\C/C=C\CCCCCC)COC(=O)CCCCCCCCCCCCC/C=C\C/C=C\CCCCCCC. The van der Waals surface area contributed by atoms with E-state index < -0.39 is 6.10 Å². The highest BCUT2D eigenvalue weighted by Gasteiger charge is 2.19. The molecule has 0 N–H and O–H groups in total. The molecule has 0 heterocycles. The molecular formula is C74H124O6. The van der Waals surface area contributed by atoms with Crippen LogP contribution in [-0.2, 0) is 28.6 Å². The van der Waals surface area contributed by atoms with Crippen LogP contribution in [0.15, 0.2) is 122 Å². The zero-order valence-corrected chi connectivity index (χ0v) is 52.3. The predicted molar refractivity (Wildman–Crippen MR) is 348 cm³/mol. The Labute approximate surface area is 494 Å². The Hall–Kier alpha value is -4.19. The first kappa shape index (κ1) is 75.8. The van der Waals surface area contributed by atoms with Crippen LogP contribution in [0.5, 0.6) is 0 Å². The topological polar surface area (TPSA) is 78.9 Å². The molecule has 0 aromatic carbocycles. The summed E-state index contributed by atoms with van der Waals surface area (Å²) in [4.78, 5) is 38.4. The molecule has 80 heavy (non-hydrogen) atoms. The summed E-state index contributed by atoms with van der Waals surface area (Å²) in [5.74, 6) is -0.947. The van der Waals surface area contributed by atoms with E-state index in [-0.39, 0.29) is 37.5 Å². The number of carbonyl (C=O) groups excluding carboxylic acids is 3. The van der Waals surface area contributed by atoms with Crippen molar-refractivity contribution in [3.8, 4) is 0 Å². The van der Waals surface area contributed by atoms with Crippen LogP contribution in [0, 0.1) is 0 Å². The number of esters is 3. The van der Waals surface area contributed by atoms with Crippen LogP contribution in [0.4, 0.5) is 0 Å². The van der Waals surface area contributed by atoms with Gasteiger partial charge in [-0.25, -0.2) is 0 Å². The summed E-state index contributed by atoms with van der Waals surface area (Å²) in [6, 6.07) is 0. The summed E-state index contributed by atoms with van der Waals surface area (Å²) in [5.41, 5.74) is 0. The third-order valence-electron chi connectivity index (χ3n) is 14.2. The number of carbonyl (C=O) groups is 3. The highest BCUT2D eigenvalue weighted by molar-refractivity contribution is 5.71. The lowest BCUT2D eigenvalue weighted by atomic mass is 10.0. The van der Waals surface area contributed by atoms with Crippen molar-refractivity contribution in [3.63, 3.8) is 0 Å². The van der Waals surface area contributed by atoms with Gasteiger partial charge in [0, 0.05) is 19.3 Å². The van der Waals surface area contributed by atoms with Crippen molar-refractivity contribution in [3.05, 3.63) is 122 Å². The van der Waals surface area contributed by atoms with E-state index >= 15 is 0 Å². The van der Waals surface area contributed by atoms with Gasteiger partial charge in [-0.2, -0.15) is 0 Å². The fourth-order valence-electron chi connectivity index (χ4n) is 9.15. The number of unbranched alkanes of at least 4 members (excludes halogenated alkanes) is 29. The Morgan fingerprint density at radius 2 is 0.487 bits per heavy atom. The van der Waals surface area contributed by atoms with Crippen molar-refractivity contribution >= 4 is 17.9 Å². The first-order valence-electron chi connectivity index (χ1n) is 33.5. The molecule has 0 saturated heterocycles. The van der Waals surface area contributed by atoms with Gasteiger partial charge >= 0.3 is 17.9 Å². The third-order valence-corrected chi connectivity index (χ3v) is 14.2. The lowest BCUT2D eigenvalue weighted by molar-refractivity contribution is -0.167. The molecule has 0 amide bonds. The molecule has 456 valence electrons. The number of ether oxygens (including phenoxy) is 3. The first-order valence-corrected chi connectivity index (χ1v) is 33.5. The second kappa shape index (κ2) is 67.3. The van der Waals surface area contributed by atoms with Crippen LogP contribution >= 0.6 is 0 Å². The Kier molecular flexibility index (Phi) is 63.8. The van der Waals surface area contributed by atoms with Crippen LogP contribution in [-0.4, -0.2) is 37.2 Å². The molecule has 0 aromatic rings. The summed E-state index contributed by atoms with van der Waals surface area (Å²) in [5, 5.41) is 0. The summed E-state index contributed by atoms with van der Waals surface area (Å²) in [6.07, 6.45) is 93.5. The van der Waals surface area contributed by atoms with E-state index in [0.717, 1.165) is 109 Å². The van der Waals surface area contributed by atoms with Crippen molar-refractivity contribution < 1.29 is 28.6 Å². The Balaban J connectivity index is 4.47. The number of allylic oxidation sites excluding steroid dienone is 20. The maximum Gasteiger partial charge on any atom is 0.306 e. The van der Waals surface area contributed by atoms with Crippen molar-refractivity contribution in [2.24, 2.45) is 0 Å². The second-order valence-electron chi connectivity index (χ2n) is 22.0. The molecule has 1 unspecified atom stereocenters. The minimum atomic E-state index is -0.811. The van der Waals surface area contributed by atoms with Gasteiger partial charge < -0.3 is 14.2 Å². The lowest BCUT2D eigenvalue weighted by Gasteiger charge is -2.18. The number of hydrogen-bond acceptors (Lipinski definition) is 6. The van der Waals surface area contributed by atoms with Gasteiger partial charge in [0.1, 0.15) is 13.2 Å². The van der Waals surface area contributed by atoms with E-state index in [4.69, 9.17) is 14.2 Å². The molecule has 0 saturated carbocycles. The standard InChI is InChI=1S/C74H124O6/c1-4-7-10-13-16-19-22-25-28-31-34-36-37-39-40-43-46-49-52-55-58-61-64-67-73(76)79-70-71(69-78-72(75)66-63-60-57-54-51-48-45-42-33-30-27-24-21-18-15-12-9-6-3)80-74(77)68-65-62-59-56-53-50-47-44-41-38-35-32-29-26-23-20-17-14-11-8-5-2/h8,11,17,20-22,24-26,29-31,33-35,38,44,47,53,56,71H,4-7,9-10,12-16,18-19,23,27-28,32,36-37,39-43,45-46,48-52,54-55,57-70H2,1-3H3/b11-8-,20-17-,24-21-,25-22-,29-26-,33-30-,34-31-,38-35-,47-44-,56-53-. The average molecular weight is 1110 g/mol. The quantitative estimate of drug-likeness (QED) is 0.0261.